The van der Waals surface area contributed by atoms with Crippen LogP contribution in [0.15, 0.2) is 0 Å². The number of hydrogen-bond acceptors (Lipinski definition) is 6. The number of methoxy groups -OCH3 is 1. The molecule has 104 valence electrons. The van der Waals surface area contributed by atoms with Gasteiger partial charge in [-0.25, -0.2) is 4.79 Å². The fraction of sp³-hybridized carbons (Fsp3) is 0.833. The average Bonchev–Trinajstić information content (AvgIpc) is 2.32. The minimum Gasteiger partial charge on any atom is -0.469 e. The quantitative estimate of drug-likeness (QED) is 0.749. The lowest BCUT2D eigenvalue weighted by Gasteiger charge is -2.27. The number of carbonyl (C=O) groups is 2. The van der Waals surface area contributed by atoms with Crippen LogP contribution in [0, 0.1) is 5.92 Å². The predicted octanol–water partition coefficient (Wildman–Crippen LogP) is 1.25. The van der Waals surface area contributed by atoms with Gasteiger partial charge in [-0.3, -0.25) is 4.79 Å². The van der Waals surface area contributed by atoms with Crippen LogP contribution in [0.4, 0.5) is 4.79 Å². The number of ether oxygens (including phenoxy) is 3. The van der Waals surface area contributed by atoms with E-state index >= 15 is 0 Å². The van der Waals surface area contributed by atoms with Crippen LogP contribution in [0.5, 0.6) is 0 Å². The van der Waals surface area contributed by atoms with E-state index in [2.05, 4.69) is 4.74 Å². The third-order valence-electron chi connectivity index (χ3n) is 3.09. The van der Waals surface area contributed by atoms with Crippen LogP contribution in [-0.2, 0) is 19.0 Å². The lowest BCUT2D eigenvalue weighted by molar-refractivity contribution is -0.149. The third kappa shape index (κ3) is 4.18. The van der Waals surface area contributed by atoms with Gasteiger partial charge in [0, 0.05) is 6.42 Å². The van der Waals surface area contributed by atoms with E-state index in [4.69, 9.17) is 9.47 Å². The van der Waals surface area contributed by atoms with Gasteiger partial charge in [0.15, 0.2) is 0 Å². The molecule has 4 atom stereocenters. The Hall–Kier alpha value is -1.30. The standard InChI is InChI=1S/C12H20O6/c1-7-6-9(18-12(15)17-7)4-5-10(13)8(2)11(14)16-3/h7-10,13H,4-6H2,1-3H3/t7-,8+,9+,10+/m1/s1. The number of carbonyl (C=O) groups excluding carboxylic acids is 2. The molecule has 0 spiro atoms. The van der Waals surface area contributed by atoms with Gasteiger partial charge in [-0.15, -0.1) is 0 Å². The average molecular weight is 260 g/mol. The van der Waals surface area contributed by atoms with E-state index in [1.165, 1.54) is 7.11 Å². The van der Waals surface area contributed by atoms with Crippen LogP contribution in [0.1, 0.15) is 33.1 Å². The number of rotatable bonds is 5. The highest BCUT2D eigenvalue weighted by molar-refractivity contribution is 5.72. The van der Waals surface area contributed by atoms with Crippen LogP contribution in [0.2, 0.25) is 0 Å². The summed E-state index contributed by atoms with van der Waals surface area (Å²) >= 11 is 0. The van der Waals surface area contributed by atoms with Crippen molar-refractivity contribution in [1.82, 2.24) is 0 Å². The van der Waals surface area contributed by atoms with Crippen molar-refractivity contribution in [2.75, 3.05) is 7.11 Å². The molecule has 0 aliphatic carbocycles. The normalized spacial score (nSPS) is 26.8. The van der Waals surface area contributed by atoms with Crippen molar-refractivity contribution in [2.24, 2.45) is 5.92 Å². The molecule has 0 aromatic carbocycles. The maximum absolute atomic E-state index is 11.2. The fourth-order valence-electron chi connectivity index (χ4n) is 1.92. The zero-order valence-corrected chi connectivity index (χ0v) is 10.9. The molecule has 1 aliphatic heterocycles. The Morgan fingerprint density at radius 3 is 2.78 bits per heavy atom. The Morgan fingerprint density at radius 2 is 2.22 bits per heavy atom. The van der Waals surface area contributed by atoms with Gasteiger partial charge >= 0.3 is 12.1 Å². The summed E-state index contributed by atoms with van der Waals surface area (Å²) in [6, 6.07) is 0. The van der Waals surface area contributed by atoms with Crippen LogP contribution in [0.3, 0.4) is 0 Å². The zero-order chi connectivity index (χ0) is 13.7. The Balaban J connectivity index is 2.35. The highest BCUT2D eigenvalue weighted by atomic mass is 16.7. The van der Waals surface area contributed by atoms with E-state index in [0.717, 1.165) is 0 Å². The highest BCUT2D eigenvalue weighted by Crippen LogP contribution is 2.21. The first kappa shape index (κ1) is 14.8. The first-order chi connectivity index (χ1) is 8.43. The molecule has 0 bridgehead atoms. The zero-order valence-electron chi connectivity index (χ0n) is 10.9. The molecule has 0 unspecified atom stereocenters. The predicted molar refractivity (Wildman–Crippen MR) is 61.9 cm³/mol. The van der Waals surface area contributed by atoms with E-state index in [1.54, 1.807) is 13.8 Å². The van der Waals surface area contributed by atoms with Gasteiger partial charge in [0.2, 0.25) is 0 Å². The third-order valence-corrected chi connectivity index (χ3v) is 3.09. The summed E-state index contributed by atoms with van der Waals surface area (Å²) < 4.78 is 14.4. The summed E-state index contributed by atoms with van der Waals surface area (Å²) in [4.78, 5) is 22.3. The lowest BCUT2D eigenvalue weighted by atomic mass is 9.97. The molecule has 0 radical (unpaired) electrons. The summed E-state index contributed by atoms with van der Waals surface area (Å²) in [6.07, 6.45) is -0.427. The summed E-state index contributed by atoms with van der Waals surface area (Å²) in [5.41, 5.74) is 0. The van der Waals surface area contributed by atoms with E-state index in [0.29, 0.717) is 19.3 Å². The van der Waals surface area contributed by atoms with Gasteiger partial charge in [0.05, 0.1) is 19.1 Å². The molecule has 1 N–H and O–H groups in total. The van der Waals surface area contributed by atoms with Crippen molar-refractivity contribution in [3.05, 3.63) is 0 Å². The van der Waals surface area contributed by atoms with Gasteiger partial charge in [-0.1, -0.05) is 0 Å². The largest absolute Gasteiger partial charge is 0.508 e. The molecule has 6 nitrogen and oxygen atoms in total. The SMILES string of the molecule is COC(=O)[C@@H](C)[C@@H](O)CC[C@H]1C[C@@H](C)OC(=O)O1. The van der Waals surface area contributed by atoms with Gasteiger partial charge in [0.1, 0.15) is 12.2 Å². The van der Waals surface area contributed by atoms with E-state index in [9.17, 15) is 14.7 Å². The molecule has 0 aromatic rings. The maximum atomic E-state index is 11.2. The van der Waals surface area contributed by atoms with Crippen LogP contribution in [0.25, 0.3) is 0 Å². The van der Waals surface area contributed by atoms with Crippen molar-refractivity contribution in [3.63, 3.8) is 0 Å². The summed E-state index contributed by atoms with van der Waals surface area (Å²) in [5, 5.41) is 9.81. The summed E-state index contributed by atoms with van der Waals surface area (Å²) in [5.74, 6) is -1.03. The lowest BCUT2D eigenvalue weighted by Crippen LogP contribution is -2.34. The molecule has 18 heavy (non-hydrogen) atoms. The molecule has 6 heteroatoms. The Labute approximate surface area is 106 Å². The smallest absolute Gasteiger partial charge is 0.469 e. The molecule has 0 amide bonds. The first-order valence-corrected chi connectivity index (χ1v) is 6.07. The van der Waals surface area contributed by atoms with Crippen molar-refractivity contribution in [3.8, 4) is 0 Å². The second-order valence-electron chi connectivity index (χ2n) is 4.61. The highest BCUT2D eigenvalue weighted by Gasteiger charge is 2.29. The maximum Gasteiger partial charge on any atom is 0.508 e. The van der Waals surface area contributed by atoms with E-state index in [-0.39, 0.29) is 12.2 Å². The van der Waals surface area contributed by atoms with Crippen LogP contribution >= 0.6 is 0 Å². The molecular weight excluding hydrogens is 240 g/mol. The molecular formula is C12H20O6. The second-order valence-corrected chi connectivity index (χ2v) is 4.61. The van der Waals surface area contributed by atoms with Gasteiger partial charge in [-0.05, 0) is 26.7 Å². The van der Waals surface area contributed by atoms with Crippen molar-refractivity contribution >= 4 is 12.1 Å². The van der Waals surface area contributed by atoms with Crippen LogP contribution in [-0.4, -0.2) is 42.7 Å². The fourth-order valence-corrected chi connectivity index (χ4v) is 1.92. The summed E-state index contributed by atoms with van der Waals surface area (Å²) in [6.45, 7) is 3.40. The molecule has 0 aromatic heterocycles. The van der Waals surface area contributed by atoms with E-state index in [1.807, 2.05) is 0 Å². The van der Waals surface area contributed by atoms with E-state index < -0.39 is 24.1 Å². The minimum atomic E-state index is -0.797. The molecule has 1 rings (SSSR count). The molecule has 1 fully saturated rings. The Morgan fingerprint density at radius 1 is 1.56 bits per heavy atom. The molecule has 1 saturated heterocycles. The monoisotopic (exact) mass is 260 g/mol. The topological polar surface area (TPSA) is 82.1 Å². The van der Waals surface area contributed by atoms with Crippen molar-refractivity contribution in [2.45, 2.75) is 51.4 Å². The summed E-state index contributed by atoms with van der Waals surface area (Å²) in [7, 11) is 1.29. The van der Waals surface area contributed by atoms with Crippen molar-refractivity contribution < 1.29 is 28.9 Å². The number of esters is 1. The molecule has 1 heterocycles. The minimum absolute atomic E-state index is 0.175. The van der Waals surface area contributed by atoms with Gasteiger partial charge < -0.3 is 19.3 Å². The number of hydrogen-bond donors (Lipinski definition) is 1. The van der Waals surface area contributed by atoms with Gasteiger partial charge in [-0.2, -0.15) is 0 Å². The number of aliphatic hydroxyl groups excluding tert-OH is 1. The number of cyclic esters (lactones) is 2. The van der Waals surface area contributed by atoms with Crippen LogP contribution < -0.4 is 0 Å². The first-order valence-electron chi connectivity index (χ1n) is 6.07. The van der Waals surface area contributed by atoms with Crippen molar-refractivity contribution in [1.29, 1.82) is 0 Å². The van der Waals surface area contributed by atoms with Gasteiger partial charge in [0.25, 0.3) is 0 Å². The molecule has 0 saturated carbocycles. The Bertz CT molecular complexity index is 303. The number of aliphatic hydroxyl groups is 1. The second kappa shape index (κ2) is 6.58. The Kier molecular flexibility index (Phi) is 5.40. The molecule has 1 aliphatic rings.